The van der Waals surface area contributed by atoms with Crippen LogP contribution in [0.3, 0.4) is 0 Å². The molecule has 17 heavy (non-hydrogen) atoms. The molecule has 0 aliphatic rings. The predicted octanol–water partition coefficient (Wildman–Crippen LogP) is 2.72. The average molecular weight is 250 g/mol. The van der Waals surface area contributed by atoms with Crippen molar-refractivity contribution in [3.05, 3.63) is 23.1 Å². The number of nitrogens with zero attached hydrogens (tertiary/aromatic N) is 1. The molecule has 0 saturated heterocycles. The van der Waals surface area contributed by atoms with Crippen molar-refractivity contribution in [2.45, 2.75) is 6.92 Å². The summed E-state index contributed by atoms with van der Waals surface area (Å²) in [4.78, 5) is 4.26. The van der Waals surface area contributed by atoms with Crippen LogP contribution >= 0.6 is 11.3 Å². The standard InChI is InChI=1S/C12H14N2O2S/c1-7-4-9(15-2)11(10(5-7)16-3)8-6-17-12(13)14-8/h4-6H,1-3H3,(H2,13,14). The highest BCUT2D eigenvalue weighted by Crippen LogP contribution is 2.39. The Kier molecular flexibility index (Phi) is 3.19. The topological polar surface area (TPSA) is 57.4 Å². The highest BCUT2D eigenvalue weighted by molar-refractivity contribution is 7.13. The Bertz CT molecular complexity index is 512. The Morgan fingerprint density at radius 2 is 1.76 bits per heavy atom. The van der Waals surface area contributed by atoms with Gasteiger partial charge in [-0.25, -0.2) is 4.98 Å². The van der Waals surface area contributed by atoms with Crippen molar-refractivity contribution in [2.24, 2.45) is 0 Å². The first-order valence-corrected chi connectivity index (χ1v) is 5.97. The first kappa shape index (κ1) is 11.7. The molecular weight excluding hydrogens is 236 g/mol. The molecule has 1 aromatic heterocycles. The number of nitrogens with two attached hydrogens (primary N) is 1. The molecule has 0 unspecified atom stereocenters. The fourth-order valence-electron chi connectivity index (χ4n) is 1.70. The Hall–Kier alpha value is -1.75. The maximum atomic E-state index is 5.65. The first-order valence-electron chi connectivity index (χ1n) is 5.09. The average Bonchev–Trinajstić information content (AvgIpc) is 2.74. The normalized spacial score (nSPS) is 10.3. The number of benzene rings is 1. The molecule has 1 heterocycles. The van der Waals surface area contributed by atoms with E-state index in [0.29, 0.717) is 5.13 Å². The molecule has 0 saturated carbocycles. The summed E-state index contributed by atoms with van der Waals surface area (Å²) in [6.45, 7) is 1.99. The van der Waals surface area contributed by atoms with E-state index in [9.17, 15) is 0 Å². The molecule has 0 amide bonds. The summed E-state index contributed by atoms with van der Waals surface area (Å²) >= 11 is 1.40. The van der Waals surface area contributed by atoms with Gasteiger partial charge < -0.3 is 15.2 Å². The first-order chi connectivity index (χ1) is 8.15. The maximum absolute atomic E-state index is 5.65. The van der Waals surface area contributed by atoms with Gasteiger partial charge in [-0.05, 0) is 24.6 Å². The largest absolute Gasteiger partial charge is 0.496 e. The van der Waals surface area contributed by atoms with E-state index >= 15 is 0 Å². The number of aryl methyl sites for hydroxylation is 1. The number of aromatic nitrogens is 1. The van der Waals surface area contributed by atoms with E-state index in [-0.39, 0.29) is 0 Å². The number of ether oxygens (including phenoxy) is 2. The fraction of sp³-hybridized carbons (Fsp3) is 0.250. The van der Waals surface area contributed by atoms with E-state index < -0.39 is 0 Å². The van der Waals surface area contributed by atoms with Gasteiger partial charge in [0.15, 0.2) is 5.13 Å². The van der Waals surface area contributed by atoms with Crippen LogP contribution < -0.4 is 15.2 Å². The zero-order chi connectivity index (χ0) is 12.4. The van der Waals surface area contributed by atoms with Gasteiger partial charge in [0.05, 0.1) is 25.5 Å². The predicted molar refractivity (Wildman–Crippen MR) is 69.8 cm³/mol. The van der Waals surface area contributed by atoms with Crippen molar-refractivity contribution in [1.82, 2.24) is 4.98 Å². The van der Waals surface area contributed by atoms with Gasteiger partial charge >= 0.3 is 0 Å². The highest BCUT2D eigenvalue weighted by Gasteiger charge is 2.16. The van der Waals surface area contributed by atoms with Crippen LogP contribution in [0.25, 0.3) is 11.3 Å². The van der Waals surface area contributed by atoms with Crippen LogP contribution in [0, 0.1) is 6.92 Å². The van der Waals surface area contributed by atoms with Crippen LogP contribution in [-0.2, 0) is 0 Å². The highest BCUT2D eigenvalue weighted by atomic mass is 32.1. The molecule has 0 spiro atoms. The zero-order valence-electron chi connectivity index (χ0n) is 9.98. The van der Waals surface area contributed by atoms with Crippen molar-refractivity contribution in [3.8, 4) is 22.8 Å². The Morgan fingerprint density at radius 1 is 1.18 bits per heavy atom. The van der Waals surface area contributed by atoms with Crippen LogP contribution in [0.15, 0.2) is 17.5 Å². The van der Waals surface area contributed by atoms with E-state index in [1.54, 1.807) is 14.2 Å². The van der Waals surface area contributed by atoms with Gasteiger partial charge in [0.2, 0.25) is 0 Å². The van der Waals surface area contributed by atoms with Crippen LogP contribution in [-0.4, -0.2) is 19.2 Å². The molecule has 90 valence electrons. The molecule has 2 N–H and O–H groups in total. The van der Waals surface area contributed by atoms with Crippen molar-refractivity contribution in [1.29, 1.82) is 0 Å². The van der Waals surface area contributed by atoms with Gasteiger partial charge in [-0.15, -0.1) is 11.3 Å². The monoisotopic (exact) mass is 250 g/mol. The van der Waals surface area contributed by atoms with Gasteiger partial charge in [0, 0.05) is 5.38 Å². The lowest BCUT2D eigenvalue weighted by Gasteiger charge is -2.12. The van der Waals surface area contributed by atoms with Crippen molar-refractivity contribution in [2.75, 3.05) is 20.0 Å². The van der Waals surface area contributed by atoms with Gasteiger partial charge in [-0.1, -0.05) is 0 Å². The third-order valence-corrected chi connectivity index (χ3v) is 3.10. The number of rotatable bonds is 3. The molecule has 2 rings (SSSR count). The van der Waals surface area contributed by atoms with Gasteiger partial charge in [0.25, 0.3) is 0 Å². The van der Waals surface area contributed by atoms with Crippen molar-refractivity contribution < 1.29 is 9.47 Å². The van der Waals surface area contributed by atoms with Crippen LogP contribution in [0.2, 0.25) is 0 Å². The molecule has 0 atom stereocenters. The van der Waals surface area contributed by atoms with E-state index in [0.717, 1.165) is 28.3 Å². The second-order valence-electron chi connectivity index (χ2n) is 3.62. The molecule has 4 nitrogen and oxygen atoms in total. The number of hydrogen-bond acceptors (Lipinski definition) is 5. The van der Waals surface area contributed by atoms with Gasteiger partial charge in [0.1, 0.15) is 11.5 Å². The minimum Gasteiger partial charge on any atom is -0.496 e. The van der Waals surface area contributed by atoms with Crippen LogP contribution in [0.1, 0.15) is 5.56 Å². The summed E-state index contributed by atoms with van der Waals surface area (Å²) in [5.41, 5.74) is 8.35. The van der Waals surface area contributed by atoms with Crippen molar-refractivity contribution >= 4 is 16.5 Å². The van der Waals surface area contributed by atoms with Gasteiger partial charge in [-0.2, -0.15) is 0 Å². The summed E-state index contributed by atoms with van der Waals surface area (Å²) < 4.78 is 10.8. The number of nitrogen functional groups attached to an aromatic ring is 1. The van der Waals surface area contributed by atoms with E-state index in [4.69, 9.17) is 15.2 Å². The fourth-order valence-corrected chi connectivity index (χ4v) is 2.25. The molecule has 0 fully saturated rings. The summed E-state index contributed by atoms with van der Waals surface area (Å²) in [5.74, 6) is 1.49. The lowest BCUT2D eigenvalue weighted by Crippen LogP contribution is -1.95. The molecule has 0 aliphatic carbocycles. The quantitative estimate of drug-likeness (QED) is 0.910. The number of methoxy groups -OCH3 is 2. The SMILES string of the molecule is COc1cc(C)cc(OC)c1-c1csc(N)n1. The minimum absolute atomic E-state index is 0.532. The molecule has 5 heteroatoms. The molecule has 0 bridgehead atoms. The summed E-state index contributed by atoms with van der Waals surface area (Å²) in [7, 11) is 3.26. The summed E-state index contributed by atoms with van der Waals surface area (Å²) in [6.07, 6.45) is 0. The lowest BCUT2D eigenvalue weighted by atomic mass is 10.1. The van der Waals surface area contributed by atoms with Crippen molar-refractivity contribution in [3.63, 3.8) is 0 Å². The molecular formula is C12H14N2O2S. The van der Waals surface area contributed by atoms with E-state index in [1.165, 1.54) is 11.3 Å². The number of hydrogen-bond donors (Lipinski definition) is 1. The van der Waals surface area contributed by atoms with Gasteiger partial charge in [-0.3, -0.25) is 0 Å². The Balaban J connectivity index is 2.65. The minimum atomic E-state index is 0.532. The summed E-state index contributed by atoms with van der Waals surface area (Å²) in [5, 5.41) is 2.43. The lowest BCUT2D eigenvalue weighted by molar-refractivity contribution is 0.396. The number of thiazole rings is 1. The molecule has 0 radical (unpaired) electrons. The number of anilines is 1. The van der Waals surface area contributed by atoms with E-state index in [1.807, 2.05) is 24.4 Å². The van der Waals surface area contributed by atoms with Crippen LogP contribution in [0.4, 0.5) is 5.13 Å². The van der Waals surface area contributed by atoms with Crippen LogP contribution in [0.5, 0.6) is 11.5 Å². The van der Waals surface area contributed by atoms with E-state index in [2.05, 4.69) is 4.98 Å². The second-order valence-corrected chi connectivity index (χ2v) is 4.51. The Morgan fingerprint density at radius 3 is 2.18 bits per heavy atom. The maximum Gasteiger partial charge on any atom is 0.180 e. The molecule has 1 aromatic carbocycles. The zero-order valence-corrected chi connectivity index (χ0v) is 10.8. The second kappa shape index (κ2) is 4.63. The molecule has 2 aromatic rings. The third kappa shape index (κ3) is 2.19. The Labute approximate surface area is 104 Å². The summed E-state index contributed by atoms with van der Waals surface area (Å²) in [6, 6.07) is 3.90. The molecule has 0 aliphatic heterocycles. The smallest absolute Gasteiger partial charge is 0.180 e. The third-order valence-electron chi connectivity index (χ3n) is 2.43.